The van der Waals surface area contributed by atoms with Crippen molar-refractivity contribution in [1.82, 2.24) is 10.2 Å². The number of hydrogen-bond donors (Lipinski definition) is 2. The Hall–Kier alpha value is -1.87. The number of aromatic nitrogens is 2. The van der Waals surface area contributed by atoms with Crippen LogP contribution in [0, 0.1) is 0 Å². The molecule has 1 unspecified atom stereocenters. The van der Waals surface area contributed by atoms with Crippen molar-refractivity contribution in [2.45, 2.75) is 31.8 Å². The third-order valence-electron chi connectivity index (χ3n) is 3.70. The number of aliphatic hydroxyl groups is 1. The molecule has 0 fully saturated rings. The summed E-state index contributed by atoms with van der Waals surface area (Å²) in [6, 6.07) is 10.0. The third kappa shape index (κ3) is 2.47. The number of hydrogen-bond acceptors (Lipinski definition) is 2. The summed E-state index contributed by atoms with van der Waals surface area (Å²) in [4.78, 5) is 0. The SMILES string of the molecule is OC(C1=CCCCC1)c1cn[nH]c1-c1ccccc1. The molecule has 1 aromatic heterocycles. The normalized spacial score (nSPS) is 17.0. The van der Waals surface area contributed by atoms with E-state index in [1.54, 1.807) is 6.20 Å². The van der Waals surface area contributed by atoms with Crippen LogP contribution < -0.4 is 0 Å². The van der Waals surface area contributed by atoms with Crippen LogP contribution in [0.2, 0.25) is 0 Å². The molecule has 0 radical (unpaired) electrons. The number of nitrogens with one attached hydrogen (secondary N) is 1. The lowest BCUT2D eigenvalue weighted by molar-refractivity contribution is 0.209. The van der Waals surface area contributed by atoms with E-state index in [1.165, 1.54) is 12.8 Å². The van der Waals surface area contributed by atoms with Crippen molar-refractivity contribution >= 4 is 0 Å². The van der Waals surface area contributed by atoms with E-state index >= 15 is 0 Å². The number of H-pyrrole nitrogens is 1. The van der Waals surface area contributed by atoms with Gasteiger partial charge >= 0.3 is 0 Å². The van der Waals surface area contributed by atoms with Crippen LogP contribution in [0.3, 0.4) is 0 Å². The van der Waals surface area contributed by atoms with Crippen molar-refractivity contribution < 1.29 is 5.11 Å². The van der Waals surface area contributed by atoms with Gasteiger partial charge in [-0.3, -0.25) is 5.10 Å². The van der Waals surface area contributed by atoms with Gasteiger partial charge in [-0.05, 0) is 36.8 Å². The summed E-state index contributed by atoms with van der Waals surface area (Å²) in [5, 5.41) is 17.7. The lowest BCUT2D eigenvalue weighted by atomic mass is 9.91. The minimum Gasteiger partial charge on any atom is -0.384 e. The van der Waals surface area contributed by atoms with Gasteiger partial charge in [0.2, 0.25) is 0 Å². The maximum Gasteiger partial charge on any atom is 0.104 e. The molecule has 19 heavy (non-hydrogen) atoms. The summed E-state index contributed by atoms with van der Waals surface area (Å²) in [7, 11) is 0. The van der Waals surface area contributed by atoms with Crippen molar-refractivity contribution in [3.8, 4) is 11.3 Å². The van der Waals surface area contributed by atoms with Crippen LogP contribution in [0.25, 0.3) is 11.3 Å². The van der Waals surface area contributed by atoms with Gasteiger partial charge in [-0.1, -0.05) is 36.4 Å². The van der Waals surface area contributed by atoms with Crippen LogP contribution in [0.15, 0.2) is 48.2 Å². The first-order valence-electron chi connectivity index (χ1n) is 6.82. The predicted molar refractivity (Wildman–Crippen MR) is 75.5 cm³/mol. The maximum absolute atomic E-state index is 10.5. The van der Waals surface area contributed by atoms with Gasteiger partial charge in [0, 0.05) is 5.56 Å². The van der Waals surface area contributed by atoms with Crippen LogP contribution in [0.1, 0.15) is 37.4 Å². The average Bonchev–Trinajstić information content (AvgIpc) is 2.98. The molecule has 1 heterocycles. The van der Waals surface area contributed by atoms with Crippen LogP contribution in [0.4, 0.5) is 0 Å². The topological polar surface area (TPSA) is 48.9 Å². The van der Waals surface area contributed by atoms with Crippen LogP contribution in [-0.4, -0.2) is 15.3 Å². The van der Waals surface area contributed by atoms with E-state index < -0.39 is 6.10 Å². The van der Waals surface area contributed by atoms with Gasteiger partial charge in [-0.15, -0.1) is 0 Å². The lowest BCUT2D eigenvalue weighted by Gasteiger charge is -2.18. The first kappa shape index (κ1) is 12.2. The lowest BCUT2D eigenvalue weighted by Crippen LogP contribution is -2.05. The molecule has 1 aliphatic rings. The van der Waals surface area contributed by atoms with E-state index in [2.05, 4.69) is 16.3 Å². The Labute approximate surface area is 113 Å². The second-order valence-corrected chi connectivity index (χ2v) is 4.99. The molecule has 1 atom stereocenters. The van der Waals surface area contributed by atoms with Gasteiger partial charge < -0.3 is 5.11 Å². The Balaban J connectivity index is 1.94. The first-order chi connectivity index (χ1) is 9.36. The minimum absolute atomic E-state index is 0.533. The summed E-state index contributed by atoms with van der Waals surface area (Å²) < 4.78 is 0. The fraction of sp³-hybridized carbons (Fsp3) is 0.312. The molecule has 2 aromatic rings. The van der Waals surface area contributed by atoms with Crippen molar-refractivity contribution in [2.24, 2.45) is 0 Å². The molecule has 0 saturated carbocycles. The fourth-order valence-corrected chi connectivity index (χ4v) is 2.65. The highest BCUT2D eigenvalue weighted by molar-refractivity contribution is 5.63. The first-order valence-corrected chi connectivity index (χ1v) is 6.82. The van der Waals surface area contributed by atoms with Crippen molar-refractivity contribution in [3.63, 3.8) is 0 Å². The third-order valence-corrected chi connectivity index (χ3v) is 3.70. The molecule has 2 N–H and O–H groups in total. The molecule has 98 valence electrons. The number of aromatic amines is 1. The highest BCUT2D eigenvalue weighted by Crippen LogP contribution is 2.34. The molecule has 0 amide bonds. The number of allylic oxidation sites excluding steroid dienone is 1. The van der Waals surface area contributed by atoms with Crippen molar-refractivity contribution in [1.29, 1.82) is 0 Å². The van der Waals surface area contributed by atoms with E-state index in [9.17, 15) is 5.11 Å². The fourth-order valence-electron chi connectivity index (χ4n) is 2.65. The van der Waals surface area contributed by atoms with Gasteiger partial charge in [0.1, 0.15) is 6.10 Å². The van der Waals surface area contributed by atoms with E-state index in [1.807, 2.05) is 30.3 Å². The zero-order valence-corrected chi connectivity index (χ0v) is 10.8. The molecular formula is C16H18N2O. The Morgan fingerprint density at radius 3 is 2.74 bits per heavy atom. The van der Waals surface area contributed by atoms with Crippen LogP contribution in [0.5, 0.6) is 0 Å². The molecule has 0 saturated heterocycles. The summed E-state index contributed by atoms with van der Waals surface area (Å²) in [6.45, 7) is 0. The number of benzene rings is 1. The Kier molecular flexibility index (Phi) is 3.47. The summed E-state index contributed by atoms with van der Waals surface area (Å²) in [5.41, 5.74) is 3.98. The molecule has 3 nitrogen and oxygen atoms in total. The predicted octanol–water partition coefficient (Wildman–Crippen LogP) is 3.61. The molecule has 3 heteroatoms. The molecule has 0 spiro atoms. The Morgan fingerprint density at radius 2 is 2.00 bits per heavy atom. The zero-order chi connectivity index (χ0) is 13.1. The van der Waals surface area contributed by atoms with Gasteiger partial charge in [-0.2, -0.15) is 5.10 Å². The molecule has 1 aliphatic carbocycles. The zero-order valence-electron chi connectivity index (χ0n) is 10.8. The molecule has 0 bridgehead atoms. The quantitative estimate of drug-likeness (QED) is 0.822. The average molecular weight is 254 g/mol. The Bertz CT molecular complexity index is 571. The Morgan fingerprint density at radius 1 is 1.16 bits per heavy atom. The van der Waals surface area contributed by atoms with Crippen LogP contribution in [-0.2, 0) is 0 Å². The monoisotopic (exact) mass is 254 g/mol. The van der Waals surface area contributed by atoms with Crippen LogP contribution >= 0.6 is 0 Å². The van der Waals surface area contributed by atoms with Gasteiger partial charge in [0.25, 0.3) is 0 Å². The highest BCUT2D eigenvalue weighted by atomic mass is 16.3. The van der Waals surface area contributed by atoms with Crippen molar-refractivity contribution in [3.05, 3.63) is 53.7 Å². The van der Waals surface area contributed by atoms with E-state index in [0.717, 1.165) is 35.2 Å². The molecular weight excluding hydrogens is 236 g/mol. The van der Waals surface area contributed by atoms with Gasteiger partial charge in [0.15, 0.2) is 0 Å². The van der Waals surface area contributed by atoms with E-state index in [-0.39, 0.29) is 0 Å². The largest absolute Gasteiger partial charge is 0.384 e. The summed E-state index contributed by atoms with van der Waals surface area (Å²) in [6.07, 6.45) is 7.84. The molecule has 1 aromatic carbocycles. The summed E-state index contributed by atoms with van der Waals surface area (Å²) in [5.74, 6) is 0. The second kappa shape index (κ2) is 5.41. The second-order valence-electron chi connectivity index (χ2n) is 4.99. The molecule has 0 aliphatic heterocycles. The number of rotatable bonds is 3. The smallest absolute Gasteiger partial charge is 0.104 e. The minimum atomic E-state index is -0.533. The number of aliphatic hydroxyl groups excluding tert-OH is 1. The molecule has 3 rings (SSSR count). The summed E-state index contributed by atoms with van der Waals surface area (Å²) >= 11 is 0. The highest BCUT2D eigenvalue weighted by Gasteiger charge is 2.20. The van der Waals surface area contributed by atoms with E-state index in [4.69, 9.17) is 0 Å². The number of nitrogens with zero attached hydrogens (tertiary/aromatic N) is 1. The maximum atomic E-state index is 10.5. The van der Waals surface area contributed by atoms with Crippen molar-refractivity contribution in [2.75, 3.05) is 0 Å². The van der Waals surface area contributed by atoms with E-state index in [0.29, 0.717) is 0 Å². The van der Waals surface area contributed by atoms with Gasteiger partial charge in [-0.25, -0.2) is 0 Å². The standard InChI is InChI=1S/C16H18N2O/c19-16(13-9-5-2-6-10-13)14-11-17-18-15(14)12-7-3-1-4-8-12/h1,3-4,7-9,11,16,19H,2,5-6,10H2,(H,17,18). The van der Waals surface area contributed by atoms with Gasteiger partial charge in [0.05, 0.1) is 11.9 Å².